The summed E-state index contributed by atoms with van der Waals surface area (Å²) >= 11 is 0. The number of hydrogen-bond donors (Lipinski definition) is 1. The highest BCUT2D eigenvalue weighted by atomic mass is 32.2. The van der Waals surface area contributed by atoms with Crippen molar-refractivity contribution in [1.82, 2.24) is 0 Å². The molecule has 2 aromatic rings. The number of rotatable bonds is 4. The zero-order valence-electron chi connectivity index (χ0n) is 10.5. The van der Waals surface area contributed by atoms with Crippen molar-refractivity contribution >= 4 is 32.2 Å². The quantitative estimate of drug-likeness (QED) is 0.928. The molecule has 20 heavy (non-hydrogen) atoms. The summed E-state index contributed by atoms with van der Waals surface area (Å²) in [6, 6.07) is 14.4. The van der Waals surface area contributed by atoms with Gasteiger partial charge in [-0.3, -0.25) is 4.79 Å². The minimum absolute atomic E-state index is 0.556. The van der Waals surface area contributed by atoms with Crippen molar-refractivity contribution in [1.29, 1.82) is 5.26 Å². The Balaban J connectivity index is 2.21. The second kappa shape index (κ2) is 5.72. The number of amides is 1. The summed E-state index contributed by atoms with van der Waals surface area (Å²) < 4.78 is 22.8. The van der Waals surface area contributed by atoms with E-state index in [0.717, 1.165) is 10.8 Å². The molecule has 6 heteroatoms. The average molecular weight is 288 g/mol. The zero-order valence-corrected chi connectivity index (χ0v) is 11.4. The molecular weight excluding hydrogens is 276 g/mol. The smallest absolute Gasteiger partial charge is 0.239 e. The summed E-state index contributed by atoms with van der Waals surface area (Å²) in [5.74, 6) is -1.99. The Morgan fingerprint density at radius 3 is 2.60 bits per heavy atom. The van der Waals surface area contributed by atoms with Crippen LogP contribution in [0.1, 0.15) is 0 Å². The van der Waals surface area contributed by atoms with Crippen LogP contribution in [0, 0.1) is 11.3 Å². The fraction of sp³-hybridized carbons (Fsp3) is 0.143. The molecule has 1 N–H and O–H groups in total. The summed E-state index contributed by atoms with van der Waals surface area (Å²) in [6.45, 7) is 0. The van der Waals surface area contributed by atoms with Crippen LogP contribution in [0.15, 0.2) is 42.5 Å². The Morgan fingerprint density at radius 2 is 1.85 bits per heavy atom. The van der Waals surface area contributed by atoms with E-state index in [0.29, 0.717) is 5.69 Å². The third-order valence-electron chi connectivity index (χ3n) is 2.70. The molecule has 0 spiro atoms. The third kappa shape index (κ3) is 3.33. The highest BCUT2D eigenvalue weighted by Gasteiger charge is 2.16. The first kappa shape index (κ1) is 14.0. The number of sulfone groups is 1. The number of anilines is 1. The first-order valence-electron chi connectivity index (χ1n) is 5.87. The van der Waals surface area contributed by atoms with Gasteiger partial charge in [0.15, 0.2) is 9.84 Å². The van der Waals surface area contributed by atoms with E-state index < -0.39 is 27.3 Å². The lowest BCUT2D eigenvalue weighted by Gasteiger charge is -2.08. The van der Waals surface area contributed by atoms with Crippen LogP contribution in [0.2, 0.25) is 0 Å². The summed E-state index contributed by atoms with van der Waals surface area (Å²) in [4.78, 5) is 11.7. The van der Waals surface area contributed by atoms with Crippen molar-refractivity contribution < 1.29 is 13.2 Å². The van der Waals surface area contributed by atoms with E-state index in [4.69, 9.17) is 5.26 Å². The monoisotopic (exact) mass is 288 g/mol. The molecule has 0 radical (unpaired) electrons. The molecule has 0 aliphatic heterocycles. The highest BCUT2D eigenvalue weighted by Crippen LogP contribution is 2.22. The largest absolute Gasteiger partial charge is 0.325 e. The fourth-order valence-electron chi connectivity index (χ4n) is 1.87. The lowest BCUT2D eigenvalue weighted by Crippen LogP contribution is -2.24. The van der Waals surface area contributed by atoms with Gasteiger partial charge in [-0.1, -0.05) is 36.4 Å². The van der Waals surface area contributed by atoms with E-state index in [9.17, 15) is 13.2 Å². The molecule has 0 unspecified atom stereocenters. The molecule has 0 saturated carbocycles. The predicted molar refractivity (Wildman–Crippen MR) is 76.8 cm³/mol. The number of nitrogens with one attached hydrogen (secondary N) is 1. The van der Waals surface area contributed by atoms with Crippen molar-refractivity contribution in [3.05, 3.63) is 42.5 Å². The Kier molecular flexibility index (Phi) is 4.01. The van der Waals surface area contributed by atoms with Crippen molar-refractivity contribution in [2.24, 2.45) is 0 Å². The maximum absolute atomic E-state index is 11.7. The van der Waals surface area contributed by atoms with Gasteiger partial charge in [0.2, 0.25) is 5.91 Å². The third-order valence-corrected chi connectivity index (χ3v) is 3.97. The van der Waals surface area contributed by atoms with Crippen LogP contribution in [-0.2, 0) is 14.6 Å². The van der Waals surface area contributed by atoms with Crippen molar-refractivity contribution in [2.45, 2.75) is 0 Å². The molecule has 0 aromatic heterocycles. The number of carbonyl (C=O) groups is 1. The molecule has 5 nitrogen and oxygen atoms in total. The SMILES string of the molecule is N#CCS(=O)(=O)CC(=O)Nc1cccc2ccccc12. The van der Waals surface area contributed by atoms with Crippen molar-refractivity contribution in [3.8, 4) is 6.07 Å². The van der Waals surface area contributed by atoms with Crippen LogP contribution in [0.4, 0.5) is 5.69 Å². The van der Waals surface area contributed by atoms with Gasteiger partial charge in [-0.2, -0.15) is 5.26 Å². The average Bonchev–Trinajstić information content (AvgIpc) is 2.38. The van der Waals surface area contributed by atoms with Crippen LogP contribution in [0.5, 0.6) is 0 Å². The Morgan fingerprint density at radius 1 is 1.15 bits per heavy atom. The van der Waals surface area contributed by atoms with Crippen LogP contribution in [0.3, 0.4) is 0 Å². The second-order valence-electron chi connectivity index (χ2n) is 4.27. The van der Waals surface area contributed by atoms with Crippen LogP contribution in [0.25, 0.3) is 10.8 Å². The van der Waals surface area contributed by atoms with E-state index in [1.807, 2.05) is 30.3 Å². The van der Waals surface area contributed by atoms with Crippen molar-refractivity contribution in [2.75, 3.05) is 16.8 Å². The van der Waals surface area contributed by atoms with Crippen LogP contribution >= 0.6 is 0 Å². The summed E-state index contributed by atoms with van der Waals surface area (Å²) in [7, 11) is -3.68. The van der Waals surface area contributed by atoms with E-state index in [1.54, 1.807) is 12.1 Å². The van der Waals surface area contributed by atoms with Gasteiger partial charge in [0, 0.05) is 11.1 Å². The Hall–Kier alpha value is -2.39. The zero-order chi connectivity index (χ0) is 14.6. The number of nitrogens with zero attached hydrogens (tertiary/aromatic N) is 1. The maximum Gasteiger partial charge on any atom is 0.239 e. The number of nitriles is 1. The van der Waals surface area contributed by atoms with Gasteiger partial charge >= 0.3 is 0 Å². The normalized spacial score (nSPS) is 10.9. The van der Waals surface area contributed by atoms with Gasteiger partial charge in [-0.05, 0) is 11.5 Å². The first-order valence-corrected chi connectivity index (χ1v) is 7.69. The van der Waals surface area contributed by atoms with Crippen LogP contribution in [-0.4, -0.2) is 25.8 Å². The molecule has 0 bridgehead atoms. The molecule has 0 fully saturated rings. The minimum atomic E-state index is -3.68. The molecule has 1 amide bonds. The van der Waals surface area contributed by atoms with E-state index in [-0.39, 0.29) is 0 Å². The van der Waals surface area contributed by atoms with E-state index in [2.05, 4.69) is 5.32 Å². The molecule has 0 aliphatic carbocycles. The molecular formula is C14H12N2O3S. The van der Waals surface area contributed by atoms with Crippen molar-refractivity contribution in [3.63, 3.8) is 0 Å². The van der Waals surface area contributed by atoms with Gasteiger partial charge in [0.25, 0.3) is 0 Å². The Bertz CT molecular complexity index is 786. The fourth-order valence-corrected chi connectivity index (χ4v) is 2.64. The number of benzene rings is 2. The van der Waals surface area contributed by atoms with Crippen LogP contribution < -0.4 is 5.32 Å². The van der Waals surface area contributed by atoms with Gasteiger partial charge in [-0.15, -0.1) is 0 Å². The minimum Gasteiger partial charge on any atom is -0.325 e. The highest BCUT2D eigenvalue weighted by molar-refractivity contribution is 7.92. The molecule has 2 rings (SSSR count). The second-order valence-corrected chi connectivity index (χ2v) is 6.33. The predicted octanol–water partition coefficient (Wildman–Crippen LogP) is 1.72. The number of fused-ring (bicyclic) bond motifs is 1. The lowest BCUT2D eigenvalue weighted by molar-refractivity contribution is -0.113. The van der Waals surface area contributed by atoms with Gasteiger partial charge in [0.05, 0.1) is 6.07 Å². The molecule has 0 saturated heterocycles. The number of carbonyl (C=O) groups excluding carboxylic acids is 1. The first-order chi connectivity index (χ1) is 9.52. The molecule has 0 heterocycles. The standard InChI is InChI=1S/C14H12N2O3S/c15-8-9-20(18,19)10-14(17)16-13-7-3-5-11-4-1-2-6-12(11)13/h1-7H,9-10H2,(H,16,17). The summed E-state index contributed by atoms with van der Waals surface area (Å²) in [5, 5.41) is 12.7. The lowest BCUT2D eigenvalue weighted by atomic mass is 10.1. The topological polar surface area (TPSA) is 87.0 Å². The van der Waals surface area contributed by atoms with Gasteiger partial charge < -0.3 is 5.32 Å². The molecule has 0 atom stereocenters. The maximum atomic E-state index is 11.7. The Labute approximate surface area is 116 Å². The van der Waals surface area contributed by atoms with E-state index in [1.165, 1.54) is 6.07 Å². The summed E-state index contributed by atoms with van der Waals surface area (Å²) in [5.41, 5.74) is 0.556. The molecule has 102 valence electrons. The number of hydrogen-bond acceptors (Lipinski definition) is 4. The van der Waals surface area contributed by atoms with E-state index >= 15 is 0 Å². The van der Waals surface area contributed by atoms with Gasteiger partial charge in [-0.25, -0.2) is 8.42 Å². The molecule has 2 aromatic carbocycles. The summed E-state index contributed by atoms with van der Waals surface area (Å²) in [6.07, 6.45) is 0. The van der Waals surface area contributed by atoms with Gasteiger partial charge in [0.1, 0.15) is 11.5 Å². The molecule has 0 aliphatic rings.